The molecule has 0 amide bonds. The first-order chi connectivity index (χ1) is 6.65. The summed E-state index contributed by atoms with van der Waals surface area (Å²) in [7, 11) is 4.52. The highest BCUT2D eigenvalue weighted by atomic mass is 15.1. The van der Waals surface area contributed by atoms with Gasteiger partial charge in [0, 0.05) is 6.04 Å². The van der Waals surface area contributed by atoms with E-state index in [4.69, 9.17) is 0 Å². The zero-order valence-corrected chi connectivity index (χ0v) is 9.92. The molecule has 14 heavy (non-hydrogen) atoms. The maximum absolute atomic E-state index is 2.52. The molecule has 1 saturated heterocycles. The quantitative estimate of drug-likeness (QED) is 0.598. The van der Waals surface area contributed by atoms with Crippen molar-refractivity contribution >= 4 is 7.98 Å². The van der Waals surface area contributed by atoms with Crippen molar-refractivity contribution in [2.75, 3.05) is 26.7 Å². The molecule has 1 heterocycles. The molecule has 1 spiro atoms. The normalized spacial score (nSPS) is 28.2. The molecule has 0 N–H and O–H groups in total. The Morgan fingerprint density at radius 2 is 1.93 bits per heavy atom. The lowest BCUT2D eigenvalue weighted by Crippen LogP contribution is -2.53. The first-order valence-corrected chi connectivity index (χ1v) is 6.04. The number of hydrogen-bond acceptors (Lipinski definition) is 2. The predicted octanol–water partition coefficient (Wildman–Crippen LogP) is 0.731. The molecule has 1 saturated carbocycles. The van der Waals surface area contributed by atoms with Gasteiger partial charge in [-0.05, 0) is 57.8 Å². The molecule has 1 aliphatic carbocycles. The predicted molar refractivity (Wildman–Crippen MR) is 63.1 cm³/mol. The van der Waals surface area contributed by atoms with Gasteiger partial charge in [-0.2, -0.15) is 0 Å². The minimum atomic E-state index is 0.751. The lowest BCUT2D eigenvalue weighted by molar-refractivity contribution is -0.0199. The van der Waals surface area contributed by atoms with Crippen LogP contribution in [0, 0.1) is 5.41 Å². The van der Waals surface area contributed by atoms with Gasteiger partial charge in [0.05, 0.1) is 0 Å². The summed E-state index contributed by atoms with van der Waals surface area (Å²) in [4.78, 5) is 4.99. The number of piperidine rings is 1. The van der Waals surface area contributed by atoms with Gasteiger partial charge in [0.15, 0.2) is 7.98 Å². The highest BCUT2D eigenvalue weighted by Gasteiger charge is 2.46. The number of nitrogens with zero attached hydrogens (tertiary/aromatic N) is 2. The summed E-state index contributed by atoms with van der Waals surface area (Å²) in [5.74, 6) is 0. The smallest absolute Gasteiger partial charge is 0.185 e. The van der Waals surface area contributed by atoms with E-state index in [-0.39, 0.29) is 0 Å². The third-order valence-electron chi connectivity index (χ3n) is 4.51. The molecule has 0 unspecified atom stereocenters. The Hall–Kier alpha value is -0.0151. The summed E-state index contributed by atoms with van der Waals surface area (Å²) in [6.07, 6.45) is 5.81. The van der Waals surface area contributed by atoms with Gasteiger partial charge in [-0.3, -0.25) is 0 Å². The van der Waals surface area contributed by atoms with Gasteiger partial charge in [0.1, 0.15) is 0 Å². The van der Waals surface area contributed by atoms with Crippen molar-refractivity contribution in [3.8, 4) is 0 Å². The summed E-state index contributed by atoms with van der Waals surface area (Å²) < 4.78 is 0. The third kappa shape index (κ3) is 1.85. The molecule has 0 aromatic carbocycles. The van der Waals surface area contributed by atoms with Crippen LogP contribution >= 0.6 is 0 Å². The molecule has 0 radical (unpaired) electrons. The largest absolute Gasteiger partial charge is 0.349 e. The van der Waals surface area contributed by atoms with E-state index in [0.717, 1.165) is 11.5 Å². The Labute approximate surface area is 89.1 Å². The molecule has 2 aliphatic rings. The molecule has 0 aromatic rings. The lowest BCUT2D eigenvalue weighted by atomic mass is 9.60. The SMILES string of the molecule is BN1CCC2(CC1)CC(N(C)CC)C2. The second-order valence-electron chi connectivity index (χ2n) is 5.44. The first kappa shape index (κ1) is 10.5. The van der Waals surface area contributed by atoms with Gasteiger partial charge in [0.2, 0.25) is 0 Å². The second-order valence-corrected chi connectivity index (χ2v) is 5.44. The van der Waals surface area contributed by atoms with Crippen LogP contribution in [-0.4, -0.2) is 50.4 Å². The Morgan fingerprint density at radius 1 is 1.36 bits per heavy atom. The minimum Gasteiger partial charge on any atom is -0.349 e. The van der Waals surface area contributed by atoms with Crippen molar-refractivity contribution in [3.63, 3.8) is 0 Å². The summed E-state index contributed by atoms with van der Waals surface area (Å²) in [6, 6.07) is 0.892. The van der Waals surface area contributed by atoms with Crippen molar-refractivity contribution in [1.82, 2.24) is 9.71 Å². The molecule has 0 bridgehead atoms. The fraction of sp³-hybridized carbons (Fsp3) is 1.00. The van der Waals surface area contributed by atoms with Gasteiger partial charge in [-0.1, -0.05) is 6.92 Å². The molecule has 0 aromatic heterocycles. The Kier molecular flexibility index (Phi) is 2.89. The Bertz CT molecular complexity index is 191. The van der Waals surface area contributed by atoms with Gasteiger partial charge in [0.25, 0.3) is 0 Å². The van der Waals surface area contributed by atoms with Crippen molar-refractivity contribution in [3.05, 3.63) is 0 Å². The molecule has 2 nitrogen and oxygen atoms in total. The number of rotatable bonds is 2. The van der Waals surface area contributed by atoms with Crippen LogP contribution in [0.3, 0.4) is 0 Å². The average Bonchev–Trinajstić information content (AvgIpc) is 2.15. The molecule has 3 heteroatoms. The van der Waals surface area contributed by atoms with Crippen molar-refractivity contribution in [1.29, 1.82) is 0 Å². The summed E-state index contributed by atoms with van der Waals surface area (Å²) in [6.45, 7) is 6.12. The Balaban J connectivity index is 1.80. The Morgan fingerprint density at radius 3 is 2.43 bits per heavy atom. The first-order valence-electron chi connectivity index (χ1n) is 6.04. The van der Waals surface area contributed by atoms with Crippen LogP contribution in [0.25, 0.3) is 0 Å². The van der Waals surface area contributed by atoms with Crippen LogP contribution in [0.4, 0.5) is 0 Å². The van der Waals surface area contributed by atoms with Crippen LogP contribution in [-0.2, 0) is 0 Å². The standard InChI is InChI=1S/C11H23BN2/c1-3-13(2)10-8-11(9-10)4-6-14(12)7-5-11/h10H,3-9,12H2,1-2H3. The highest BCUT2D eigenvalue weighted by Crippen LogP contribution is 2.50. The molecule has 2 rings (SSSR count). The molecule has 0 atom stereocenters. The van der Waals surface area contributed by atoms with E-state index < -0.39 is 0 Å². The van der Waals surface area contributed by atoms with Crippen LogP contribution in [0.5, 0.6) is 0 Å². The monoisotopic (exact) mass is 194 g/mol. The molecular formula is C11H23BN2. The fourth-order valence-electron chi connectivity index (χ4n) is 3.01. The summed E-state index contributed by atoms with van der Waals surface area (Å²) >= 11 is 0. The highest BCUT2D eigenvalue weighted by molar-refractivity contribution is 6.04. The lowest BCUT2D eigenvalue weighted by Gasteiger charge is -2.54. The van der Waals surface area contributed by atoms with E-state index in [2.05, 4.69) is 31.7 Å². The van der Waals surface area contributed by atoms with Gasteiger partial charge in [-0.25, -0.2) is 0 Å². The van der Waals surface area contributed by atoms with Crippen LogP contribution in [0.15, 0.2) is 0 Å². The topological polar surface area (TPSA) is 6.48 Å². The molecule has 2 fully saturated rings. The van der Waals surface area contributed by atoms with E-state index in [0.29, 0.717) is 0 Å². The molecule has 1 aliphatic heterocycles. The molecular weight excluding hydrogens is 171 g/mol. The van der Waals surface area contributed by atoms with Gasteiger partial charge < -0.3 is 9.71 Å². The summed E-state index contributed by atoms with van der Waals surface area (Å²) in [5.41, 5.74) is 0.751. The van der Waals surface area contributed by atoms with Crippen LogP contribution in [0.2, 0.25) is 0 Å². The average molecular weight is 194 g/mol. The zero-order valence-electron chi connectivity index (χ0n) is 9.92. The van der Waals surface area contributed by atoms with E-state index in [1.165, 1.54) is 45.3 Å². The van der Waals surface area contributed by atoms with Crippen LogP contribution in [0.1, 0.15) is 32.6 Å². The van der Waals surface area contributed by atoms with Crippen molar-refractivity contribution in [2.24, 2.45) is 5.41 Å². The van der Waals surface area contributed by atoms with Crippen molar-refractivity contribution < 1.29 is 0 Å². The summed E-state index contributed by atoms with van der Waals surface area (Å²) in [5, 5.41) is 0. The zero-order chi connectivity index (χ0) is 10.2. The third-order valence-corrected chi connectivity index (χ3v) is 4.51. The van der Waals surface area contributed by atoms with E-state index in [1.807, 2.05) is 0 Å². The number of hydrogen-bond donors (Lipinski definition) is 0. The maximum Gasteiger partial charge on any atom is 0.185 e. The van der Waals surface area contributed by atoms with E-state index >= 15 is 0 Å². The van der Waals surface area contributed by atoms with E-state index in [9.17, 15) is 0 Å². The van der Waals surface area contributed by atoms with Crippen LogP contribution < -0.4 is 0 Å². The fourth-order valence-corrected chi connectivity index (χ4v) is 3.01. The van der Waals surface area contributed by atoms with E-state index in [1.54, 1.807) is 0 Å². The van der Waals surface area contributed by atoms with Gasteiger partial charge >= 0.3 is 0 Å². The second kappa shape index (κ2) is 3.86. The molecule has 80 valence electrons. The minimum absolute atomic E-state index is 0.751. The van der Waals surface area contributed by atoms with Crippen molar-refractivity contribution in [2.45, 2.75) is 38.6 Å². The van der Waals surface area contributed by atoms with Gasteiger partial charge in [-0.15, -0.1) is 0 Å². The maximum atomic E-state index is 2.52.